The zero-order chi connectivity index (χ0) is 4.50. The third-order valence-corrected chi connectivity index (χ3v) is 0. The first-order valence-electron chi connectivity index (χ1n) is 0.683. The predicted octanol–water partition coefficient (Wildman–Crippen LogP) is -2.36. The quantitative estimate of drug-likeness (QED) is 0.385. The van der Waals surface area contributed by atoms with E-state index in [-0.39, 0.29) is 0 Å². The summed E-state index contributed by atoms with van der Waals surface area (Å²) in [4.78, 5) is 0. The van der Waals surface area contributed by atoms with Crippen molar-refractivity contribution in [1.82, 2.24) is 0 Å². The van der Waals surface area contributed by atoms with Crippen LogP contribution < -0.4 is 4.19 Å². The van der Waals surface area contributed by atoms with Crippen molar-refractivity contribution in [1.29, 1.82) is 0 Å². The van der Waals surface area contributed by atoms with E-state index >= 15 is 0 Å². The van der Waals surface area contributed by atoms with E-state index in [0.29, 0.717) is 0 Å². The molecule has 0 saturated carbocycles. The van der Waals surface area contributed by atoms with Crippen LogP contribution in [-0.4, -0.2) is 17.6 Å². The maximum absolute atomic E-state index is 8.70. The molecule has 1 N–H and O–H groups in total. The van der Waals surface area contributed by atoms with Gasteiger partial charge in [-0.05, 0) is 0 Å². The standard InChI is InChI=1S/H2O4Se/c1-5(2,3)4/h(H2,1,2,3,4)/p-1. The summed E-state index contributed by atoms with van der Waals surface area (Å²) in [5, 5.41) is 0. The molecule has 0 bridgehead atoms. The fourth-order valence-electron chi connectivity index (χ4n) is 0. The van der Waals surface area contributed by atoms with Crippen LogP contribution >= 0.6 is 0 Å². The summed E-state index contributed by atoms with van der Waals surface area (Å²) in [6.07, 6.45) is 0. The summed E-state index contributed by atoms with van der Waals surface area (Å²) in [6.45, 7) is 0. The molecular weight excluding hydrogens is 143 g/mol. The molecule has 0 saturated heterocycles. The van der Waals surface area contributed by atoms with Crippen LogP contribution in [0.25, 0.3) is 0 Å². The summed E-state index contributed by atoms with van der Waals surface area (Å²) < 4.78 is 33.1. The molecule has 32 valence electrons. The van der Waals surface area contributed by atoms with Gasteiger partial charge >= 0.3 is 29.4 Å². The van der Waals surface area contributed by atoms with E-state index in [1.54, 1.807) is 0 Å². The summed E-state index contributed by atoms with van der Waals surface area (Å²) in [6, 6.07) is 0. The average molecular weight is 144 g/mol. The van der Waals surface area contributed by atoms with Crippen molar-refractivity contribution in [2.75, 3.05) is 0 Å². The third-order valence-electron chi connectivity index (χ3n) is 0. The van der Waals surface area contributed by atoms with Crippen molar-refractivity contribution in [2.45, 2.75) is 0 Å². The monoisotopic (exact) mass is 145 g/mol. The van der Waals surface area contributed by atoms with Gasteiger partial charge in [0.2, 0.25) is 0 Å². The van der Waals surface area contributed by atoms with Crippen molar-refractivity contribution in [3.63, 3.8) is 0 Å². The zero-order valence-electron chi connectivity index (χ0n) is 2.08. The third kappa shape index (κ3) is 10800. The number of hydrogen-bond donors (Lipinski definition) is 1. The van der Waals surface area contributed by atoms with E-state index in [4.69, 9.17) is 16.0 Å². The Bertz CT molecular complexity index is 86.8. The van der Waals surface area contributed by atoms with Gasteiger partial charge in [0.25, 0.3) is 0 Å². The Morgan fingerprint density at radius 3 is 1.60 bits per heavy atom. The summed E-state index contributed by atoms with van der Waals surface area (Å²) in [7, 11) is 0. The van der Waals surface area contributed by atoms with Gasteiger partial charge in [-0.15, -0.1) is 0 Å². The maximum atomic E-state index is 8.70. The van der Waals surface area contributed by atoms with Crippen LogP contribution in [0.3, 0.4) is 0 Å². The Labute approximate surface area is 30.3 Å². The molecule has 0 spiro atoms. The molecule has 4 nitrogen and oxygen atoms in total. The van der Waals surface area contributed by atoms with Crippen molar-refractivity contribution >= 4 is 13.4 Å². The number of rotatable bonds is 0. The Morgan fingerprint density at radius 1 is 1.60 bits per heavy atom. The first-order chi connectivity index (χ1) is 2.00. The van der Waals surface area contributed by atoms with Gasteiger partial charge in [0.15, 0.2) is 0 Å². The molecule has 0 aromatic heterocycles. The minimum absolute atomic E-state index is 5.50. The molecule has 0 aliphatic rings. The van der Waals surface area contributed by atoms with E-state index < -0.39 is 13.4 Å². The van der Waals surface area contributed by atoms with Crippen LogP contribution in [-0.2, 0) is 7.67 Å². The average Bonchev–Trinajstić information content (AvgIpc) is 0.722. The molecule has 0 fully saturated rings. The number of hydrogen-bond acceptors (Lipinski definition) is 3. The van der Waals surface area contributed by atoms with E-state index in [2.05, 4.69) is 0 Å². The van der Waals surface area contributed by atoms with E-state index in [1.165, 1.54) is 0 Å². The molecule has 5 heavy (non-hydrogen) atoms. The normalized spacial score (nSPS) is 11.6. The molecule has 0 aliphatic carbocycles. The second kappa shape index (κ2) is 1.02. The molecule has 0 radical (unpaired) electrons. The molecule has 0 aromatic rings. The molecular formula is HO4Se-. The van der Waals surface area contributed by atoms with E-state index in [0.717, 1.165) is 0 Å². The van der Waals surface area contributed by atoms with Crippen LogP contribution in [0.4, 0.5) is 0 Å². The molecule has 0 unspecified atom stereocenters. The van der Waals surface area contributed by atoms with Crippen molar-refractivity contribution in [3.8, 4) is 0 Å². The van der Waals surface area contributed by atoms with Gasteiger partial charge in [-0.1, -0.05) is 0 Å². The topological polar surface area (TPSA) is 77.4 Å². The zero-order valence-corrected chi connectivity index (χ0v) is 3.79. The Morgan fingerprint density at radius 2 is 1.60 bits per heavy atom. The van der Waals surface area contributed by atoms with Gasteiger partial charge in [-0.3, -0.25) is 0 Å². The van der Waals surface area contributed by atoms with Gasteiger partial charge in [0, 0.05) is 0 Å². The summed E-state index contributed by atoms with van der Waals surface area (Å²) in [5.41, 5.74) is 0. The Hall–Kier alpha value is 0.0395. The van der Waals surface area contributed by atoms with Crippen molar-refractivity contribution in [2.24, 2.45) is 0 Å². The fourth-order valence-corrected chi connectivity index (χ4v) is 0. The SMILES string of the molecule is O=[Se](=O)([O-])O. The van der Waals surface area contributed by atoms with Crippen LogP contribution in [0.2, 0.25) is 0 Å². The fraction of sp³-hybridized carbons (Fsp3) is 0. The molecule has 5 heteroatoms. The molecule has 0 amide bonds. The van der Waals surface area contributed by atoms with E-state index in [1.807, 2.05) is 0 Å². The van der Waals surface area contributed by atoms with Gasteiger partial charge in [0.05, 0.1) is 0 Å². The van der Waals surface area contributed by atoms with Crippen molar-refractivity contribution < 1.29 is 16.0 Å². The van der Waals surface area contributed by atoms with Crippen molar-refractivity contribution in [3.05, 3.63) is 0 Å². The predicted molar refractivity (Wildman–Crippen MR) is 9.35 cm³/mol. The molecule has 0 aliphatic heterocycles. The second-order valence-corrected chi connectivity index (χ2v) is 2.22. The van der Waals surface area contributed by atoms with Gasteiger partial charge < -0.3 is 0 Å². The van der Waals surface area contributed by atoms with Crippen LogP contribution in [0.15, 0.2) is 0 Å². The van der Waals surface area contributed by atoms with Crippen LogP contribution in [0, 0.1) is 0 Å². The molecule has 0 rings (SSSR count). The Balaban J connectivity index is 4.06. The molecule has 0 aromatic carbocycles. The van der Waals surface area contributed by atoms with Gasteiger partial charge in [-0.2, -0.15) is 0 Å². The molecule has 0 heterocycles. The van der Waals surface area contributed by atoms with Gasteiger partial charge in [0.1, 0.15) is 0 Å². The second-order valence-electron chi connectivity index (χ2n) is 0.428. The summed E-state index contributed by atoms with van der Waals surface area (Å²) in [5.74, 6) is 0. The van der Waals surface area contributed by atoms with E-state index in [9.17, 15) is 0 Å². The minimum atomic E-state index is -5.50. The van der Waals surface area contributed by atoms with Crippen LogP contribution in [0.5, 0.6) is 0 Å². The summed E-state index contributed by atoms with van der Waals surface area (Å²) >= 11 is -5.50. The van der Waals surface area contributed by atoms with Gasteiger partial charge in [-0.25, -0.2) is 0 Å². The molecule has 0 atom stereocenters. The Kier molecular flexibility index (Phi) is 1.03. The first-order valence-corrected chi connectivity index (χ1v) is 3.55. The van der Waals surface area contributed by atoms with Crippen LogP contribution in [0.1, 0.15) is 0 Å². The first kappa shape index (κ1) is 5.04.